The molecule has 3 N–H and O–H groups in total. The van der Waals surface area contributed by atoms with Gasteiger partial charge in [-0.1, -0.05) is 6.92 Å². The maximum atomic E-state index is 13.7. The minimum Gasteiger partial charge on any atom is -0.494 e. The van der Waals surface area contributed by atoms with E-state index in [2.05, 4.69) is 15.4 Å². The summed E-state index contributed by atoms with van der Waals surface area (Å²) < 4.78 is 45.1. The van der Waals surface area contributed by atoms with Crippen molar-refractivity contribution in [2.75, 3.05) is 25.5 Å². The number of hydrogen-bond acceptors (Lipinski definition) is 5. The quantitative estimate of drug-likeness (QED) is 0.533. The highest BCUT2D eigenvalue weighted by molar-refractivity contribution is 7.89. The summed E-state index contributed by atoms with van der Waals surface area (Å²) in [6.45, 7) is 1.69. The molecular weight excluding hydrogens is 401 g/mol. The molecule has 0 aliphatic rings. The third-order valence-electron chi connectivity index (χ3n) is 3.89. The summed E-state index contributed by atoms with van der Waals surface area (Å²) in [7, 11) is -2.65. The fraction of sp³-hybridized carbons (Fsp3) is 0.263. The zero-order valence-electron chi connectivity index (χ0n) is 16.0. The summed E-state index contributed by atoms with van der Waals surface area (Å²) in [6.07, 6.45) is 0.349. The molecule has 2 amide bonds. The maximum Gasteiger partial charge on any atom is 0.251 e. The first-order valence-electron chi connectivity index (χ1n) is 8.78. The number of carbonyl (C=O) groups excluding carboxylic acids is 2. The van der Waals surface area contributed by atoms with Crippen molar-refractivity contribution < 1.29 is 27.1 Å². The van der Waals surface area contributed by atoms with Crippen LogP contribution in [0.5, 0.6) is 5.75 Å². The van der Waals surface area contributed by atoms with E-state index < -0.39 is 21.7 Å². The maximum absolute atomic E-state index is 13.7. The lowest BCUT2D eigenvalue weighted by Crippen LogP contribution is -2.34. The van der Waals surface area contributed by atoms with Gasteiger partial charge in [0, 0.05) is 30.8 Å². The molecule has 10 heteroatoms. The largest absolute Gasteiger partial charge is 0.494 e. The number of anilines is 1. The van der Waals surface area contributed by atoms with Gasteiger partial charge in [0.25, 0.3) is 5.91 Å². The second kappa shape index (κ2) is 9.99. The van der Waals surface area contributed by atoms with Crippen molar-refractivity contribution in [2.45, 2.75) is 18.2 Å². The van der Waals surface area contributed by atoms with Crippen molar-refractivity contribution in [1.82, 2.24) is 10.0 Å². The van der Waals surface area contributed by atoms with E-state index in [0.29, 0.717) is 17.7 Å². The highest BCUT2D eigenvalue weighted by Crippen LogP contribution is 2.20. The lowest BCUT2D eigenvalue weighted by molar-refractivity contribution is -0.115. The van der Waals surface area contributed by atoms with E-state index >= 15 is 0 Å². The third-order valence-corrected chi connectivity index (χ3v) is 5.35. The van der Waals surface area contributed by atoms with Crippen LogP contribution < -0.4 is 20.1 Å². The first-order chi connectivity index (χ1) is 13.8. The van der Waals surface area contributed by atoms with Crippen molar-refractivity contribution >= 4 is 27.5 Å². The van der Waals surface area contributed by atoms with Gasteiger partial charge < -0.3 is 15.4 Å². The molecule has 0 saturated carbocycles. The second-order valence-electron chi connectivity index (χ2n) is 5.93. The van der Waals surface area contributed by atoms with Crippen LogP contribution in [-0.4, -0.2) is 40.4 Å². The minimum atomic E-state index is -3.93. The molecule has 2 rings (SSSR count). The topological polar surface area (TPSA) is 114 Å². The Morgan fingerprint density at radius 2 is 1.76 bits per heavy atom. The van der Waals surface area contributed by atoms with Gasteiger partial charge >= 0.3 is 0 Å². The zero-order valence-corrected chi connectivity index (χ0v) is 16.8. The second-order valence-corrected chi connectivity index (χ2v) is 7.70. The number of rotatable bonds is 9. The summed E-state index contributed by atoms with van der Waals surface area (Å²) in [4.78, 5) is 23.2. The Labute approximate surface area is 168 Å². The average Bonchev–Trinajstić information content (AvgIpc) is 2.71. The SMILES string of the molecule is CCC(=O)Nc1ccc(C(=O)NCCNS(=O)(=O)c2ccc(OC)c(F)c2)cc1. The summed E-state index contributed by atoms with van der Waals surface area (Å²) in [5, 5.41) is 5.25. The molecule has 0 aliphatic carbocycles. The number of carbonyl (C=O) groups is 2. The van der Waals surface area contributed by atoms with Gasteiger partial charge in [-0.25, -0.2) is 17.5 Å². The van der Waals surface area contributed by atoms with Crippen LogP contribution in [-0.2, 0) is 14.8 Å². The van der Waals surface area contributed by atoms with E-state index in [0.717, 1.165) is 6.07 Å². The predicted octanol–water partition coefficient (Wildman–Crippen LogP) is 1.89. The average molecular weight is 423 g/mol. The molecule has 0 heterocycles. The first kappa shape index (κ1) is 22.3. The minimum absolute atomic E-state index is 0.0328. The third kappa shape index (κ3) is 6.26. The van der Waals surface area contributed by atoms with Crippen molar-refractivity contribution in [3.05, 3.63) is 53.8 Å². The number of nitrogens with one attached hydrogen (secondary N) is 3. The highest BCUT2D eigenvalue weighted by Gasteiger charge is 2.16. The Hall–Kier alpha value is -2.98. The Morgan fingerprint density at radius 3 is 2.34 bits per heavy atom. The fourth-order valence-corrected chi connectivity index (χ4v) is 3.36. The van der Waals surface area contributed by atoms with E-state index in [-0.39, 0.29) is 29.6 Å². The van der Waals surface area contributed by atoms with Crippen molar-refractivity contribution in [1.29, 1.82) is 0 Å². The van der Waals surface area contributed by atoms with Gasteiger partial charge in [0.1, 0.15) is 0 Å². The van der Waals surface area contributed by atoms with Gasteiger partial charge in [0.15, 0.2) is 11.6 Å². The van der Waals surface area contributed by atoms with Gasteiger partial charge in [-0.3, -0.25) is 9.59 Å². The number of halogens is 1. The summed E-state index contributed by atoms with van der Waals surface area (Å²) >= 11 is 0. The molecule has 0 atom stereocenters. The van der Waals surface area contributed by atoms with Gasteiger partial charge in [-0.15, -0.1) is 0 Å². The van der Waals surface area contributed by atoms with Crippen LogP contribution >= 0.6 is 0 Å². The number of benzene rings is 2. The molecule has 0 unspecified atom stereocenters. The molecule has 0 bridgehead atoms. The van der Waals surface area contributed by atoms with Gasteiger partial charge in [0.05, 0.1) is 12.0 Å². The monoisotopic (exact) mass is 423 g/mol. The molecule has 0 fully saturated rings. The lowest BCUT2D eigenvalue weighted by Gasteiger charge is -2.10. The summed E-state index contributed by atoms with van der Waals surface area (Å²) in [6, 6.07) is 9.60. The van der Waals surface area contributed by atoms with Crippen molar-refractivity contribution in [3.8, 4) is 5.75 Å². The Kier molecular flexibility index (Phi) is 7.68. The molecule has 156 valence electrons. The van der Waals surface area contributed by atoms with E-state index in [1.54, 1.807) is 31.2 Å². The fourth-order valence-electron chi connectivity index (χ4n) is 2.32. The van der Waals surface area contributed by atoms with Crippen LogP contribution in [0.15, 0.2) is 47.4 Å². The summed E-state index contributed by atoms with van der Waals surface area (Å²) in [5.41, 5.74) is 0.937. The van der Waals surface area contributed by atoms with Crippen LogP contribution in [0.4, 0.5) is 10.1 Å². The van der Waals surface area contributed by atoms with Gasteiger partial charge in [-0.2, -0.15) is 0 Å². The molecule has 0 aromatic heterocycles. The predicted molar refractivity (Wildman–Crippen MR) is 106 cm³/mol. The van der Waals surface area contributed by atoms with Crippen LogP contribution in [0, 0.1) is 5.82 Å². The standard InChI is InChI=1S/C19H22FN3O5S/c1-3-18(24)23-14-6-4-13(5-7-14)19(25)21-10-11-22-29(26,27)15-8-9-17(28-2)16(20)12-15/h4-9,12,22H,3,10-11H2,1-2H3,(H,21,25)(H,23,24). The molecule has 0 saturated heterocycles. The Bertz CT molecular complexity index is 978. The molecule has 2 aromatic rings. The molecule has 0 aliphatic heterocycles. The van der Waals surface area contributed by atoms with Crippen LogP contribution in [0.25, 0.3) is 0 Å². The van der Waals surface area contributed by atoms with E-state index in [1.807, 2.05) is 0 Å². The lowest BCUT2D eigenvalue weighted by atomic mass is 10.2. The van der Waals surface area contributed by atoms with E-state index in [1.165, 1.54) is 19.2 Å². The Balaban J connectivity index is 1.85. The zero-order chi connectivity index (χ0) is 21.4. The van der Waals surface area contributed by atoms with Crippen molar-refractivity contribution in [3.63, 3.8) is 0 Å². The number of sulfonamides is 1. The van der Waals surface area contributed by atoms with E-state index in [9.17, 15) is 22.4 Å². The summed E-state index contributed by atoms with van der Waals surface area (Å²) in [5.74, 6) is -1.38. The van der Waals surface area contributed by atoms with Crippen LogP contribution in [0.2, 0.25) is 0 Å². The number of hydrogen-bond donors (Lipinski definition) is 3. The van der Waals surface area contributed by atoms with Crippen molar-refractivity contribution in [2.24, 2.45) is 0 Å². The van der Waals surface area contributed by atoms with E-state index in [4.69, 9.17) is 4.74 Å². The smallest absolute Gasteiger partial charge is 0.251 e. The highest BCUT2D eigenvalue weighted by atomic mass is 32.2. The number of amides is 2. The molecule has 29 heavy (non-hydrogen) atoms. The first-order valence-corrected chi connectivity index (χ1v) is 10.3. The van der Waals surface area contributed by atoms with Gasteiger partial charge in [0.2, 0.25) is 15.9 Å². The molecular formula is C19H22FN3O5S. The molecule has 2 aromatic carbocycles. The number of methoxy groups -OCH3 is 1. The molecule has 8 nitrogen and oxygen atoms in total. The molecule has 0 spiro atoms. The Morgan fingerprint density at radius 1 is 1.07 bits per heavy atom. The molecule has 0 radical (unpaired) electrons. The number of ether oxygens (including phenoxy) is 1. The normalized spacial score (nSPS) is 11.0. The van der Waals surface area contributed by atoms with Crippen LogP contribution in [0.1, 0.15) is 23.7 Å². The van der Waals surface area contributed by atoms with Gasteiger partial charge in [-0.05, 0) is 42.5 Å². The van der Waals surface area contributed by atoms with Crippen LogP contribution in [0.3, 0.4) is 0 Å².